The smallest absolute Gasteiger partial charge is 0.135 e. The number of benzene rings is 6. The van der Waals surface area contributed by atoms with Gasteiger partial charge in [-0.05, 0) is 88.0 Å². The van der Waals surface area contributed by atoms with Crippen LogP contribution in [-0.2, 0) is 0 Å². The van der Waals surface area contributed by atoms with Crippen LogP contribution in [0.1, 0.15) is 85.8 Å². The van der Waals surface area contributed by atoms with Crippen molar-refractivity contribution >= 4 is 0 Å². The van der Waals surface area contributed by atoms with Crippen molar-refractivity contribution in [1.82, 2.24) is 0 Å². The van der Waals surface area contributed by atoms with Crippen LogP contribution in [0.5, 0.6) is 51.7 Å². The third kappa shape index (κ3) is 4.61. The van der Waals surface area contributed by atoms with E-state index in [1.807, 2.05) is 12.1 Å². The van der Waals surface area contributed by atoms with Gasteiger partial charge >= 0.3 is 0 Å². The van der Waals surface area contributed by atoms with Gasteiger partial charge in [0.15, 0.2) is 0 Å². The van der Waals surface area contributed by atoms with E-state index in [0.717, 1.165) is 22.3 Å². The van der Waals surface area contributed by atoms with Crippen molar-refractivity contribution in [1.29, 1.82) is 0 Å². The summed E-state index contributed by atoms with van der Waals surface area (Å²) in [5.41, 5.74) is 6.16. The topological polar surface area (TPSA) is 171 Å². The van der Waals surface area contributed by atoms with Crippen LogP contribution in [0, 0.1) is 0 Å². The lowest BCUT2D eigenvalue weighted by Gasteiger charge is -2.40. The molecule has 51 heavy (non-hydrogen) atoms. The molecule has 0 amide bonds. The Hall–Kier alpha value is -6.48. The second kappa shape index (κ2) is 11.0. The Morgan fingerprint density at radius 2 is 0.882 bits per heavy atom. The van der Waals surface area contributed by atoms with Gasteiger partial charge in [-0.15, -0.1) is 0 Å². The summed E-state index contributed by atoms with van der Waals surface area (Å²) in [6.45, 7) is 0. The van der Waals surface area contributed by atoms with Crippen LogP contribution in [0.25, 0.3) is 0 Å². The van der Waals surface area contributed by atoms with E-state index in [9.17, 15) is 40.9 Å². The minimum atomic E-state index is -0.702. The molecule has 0 spiro atoms. The van der Waals surface area contributed by atoms with E-state index in [4.69, 9.17) is 4.74 Å². The van der Waals surface area contributed by atoms with Gasteiger partial charge < -0.3 is 45.6 Å². The summed E-state index contributed by atoms with van der Waals surface area (Å²) >= 11 is 0. The molecule has 6 atom stereocenters. The van der Waals surface area contributed by atoms with Crippen LogP contribution >= 0.6 is 0 Å². The number of phenols is 8. The predicted molar refractivity (Wildman–Crippen MR) is 186 cm³/mol. The molecule has 2 unspecified atom stereocenters. The fourth-order valence-corrected chi connectivity index (χ4v) is 9.08. The standard InChI is InChI=1S/C42H32O9/c43-23-7-1-19(2-8-23)33-36-29(16-28(48)17-30(36)49)37-34(20-3-9-24(44)10-4-20)40(33)41-38(37)31(50)18-32-39(41)35(22-13-26(46)15-27(47)14-22)42(51-32)21-5-11-25(45)12-6-21/h1-18,33-35,37,40,42-50H/t33-,34+,35-,37?,40-,42?/m0/s1. The summed E-state index contributed by atoms with van der Waals surface area (Å²) < 4.78 is 6.71. The number of ether oxygens (including phenoxy) is 1. The second-order valence-corrected chi connectivity index (χ2v) is 13.7. The Balaban J connectivity index is 1.39. The molecule has 0 fully saturated rings. The first-order valence-electron chi connectivity index (χ1n) is 16.6. The number of aromatic hydroxyl groups is 8. The van der Waals surface area contributed by atoms with Gasteiger partial charge in [0.05, 0.1) is 5.92 Å². The predicted octanol–water partition coefficient (Wildman–Crippen LogP) is 7.76. The minimum Gasteiger partial charge on any atom is -0.508 e. The zero-order chi connectivity index (χ0) is 35.3. The van der Waals surface area contributed by atoms with Crippen molar-refractivity contribution in [2.24, 2.45) is 0 Å². The molecule has 9 rings (SSSR count). The number of phenolic OH excluding ortho intramolecular Hbond substituents is 8. The van der Waals surface area contributed by atoms with Gasteiger partial charge in [-0.2, -0.15) is 0 Å². The summed E-state index contributed by atoms with van der Waals surface area (Å²) in [6, 6.07) is 29.2. The van der Waals surface area contributed by atoms with Crippen LogP contribution in [-0.4, -0.2) is 40.9 Å². The fraction of sp³-hybridized carbons (Fsp3) is 0.143. The first kappa shape index (κ1) is 30.6. The molecular weight excluding hydrogens is 648 g/mol. The van der Waals surface area contributed by atoms with E-state index in [1.54, 1.807) is 84.9 Å². The molecule has 3 aliphatic rings. The number of hydrogen-bond donors (Lipinski definition) is 8. The monoisotopic (exact) mass is 680 g/mol. The van der Waals surface area contributed by atoms with E-state index in [-0.39, 0.29) is 51.9 Å². The Morgan fingerprint density at radius 1 is 0.353 bits per heavy atom. The van der Waals surface area contributed by atoms with Crippen LogP contribution in [0.3, 0.4) is 0 Å². The highest BCUT2D eigenvalue weighted by atomic mass is 16.5. The van der Waals surface area contributed by atoms with Crippen molar-refractivity contribution < 1.29 is 45.6 Å². The normalized spacial score (nSPS) is 22.5. The molecule has 2 bridgehead atoms. The SMILES string of the molecule is Oc1ccc(C2Oc3cc(O)c4c(c3[C@@H]2c2cc(O)cc(O)c2)[C@H]2[C@@H](c3ccc(O)cc3)c3c(O)cc(O)cc3C4[C@H]2c2ccc(O)cc2)cc1. The largest absolute Gasteiger partial charge is 0.508 e. The van der Waals surface area contributed by atoms with Gasteiger partial charge in [-0.3, -0.25) is 0 Å². The second-order valence-electron chi connectivity index (χ2n) is 13.7. The molecule has 2 aliphatic carbocycles. The summed E-state index contributed by atoms with van der Waals surface area (Å²) in [6.07, 6.45) is -0.702. The zero-order valence-corrected chi connectivity index (χ0v) is 26.8. The minimum absolute atomic E-state index is 0.0379. The van der Waals surface area contributed by atoms with E-state index >= 15 is 0 Å². The Kier molecular flexibility index (Phi) is 6.60. The summed E-state index contributed by atoms with van der Waals surface area (Å²) in [5, 5.41) is 86.7. The third-order valence-electron chi connectivity index (χ3n) is 10.9. The molecule has 6 aromatic carbocycles. The van der Waals surface area contributed by atoms with Gasteiger partial charge in [0.25, 0.3) is 0 Å². The van der Waals surface area contributed by atoms with Crippen molar-refractivity contribution in [2.75, 3.05) is 0 Å². The highest BCUT2D eigenvalue weighted by Gasteiger charge is 2.57. The first-order valence-corrected chi connectivity index (χ1v) is 16.6. The molecule has 9 heteroatoms. The Morgan fingerprint density at radius 3 is 1.49 bits per heavy atom. The van der Waals surface area contributed by atoms with E-state index in [2.05, 4.69) is 0 Å². The van der Waals surface area contributed by atoms with Gasteiger partial charge in [0.1, 0.15) is 57.8 Å². The third-order valence-corrected chi connectivity index (χ3v) is 10.9. The lowest BCUT2D eigenvalue weighted by atomic mass is 9.62. The molecule has 6 aromatic rings. The maximum atomic E-state index is 12.1. The highest BCUT2D eigenvalue weighted by Crippen LogP contribution is 2.71. The van der Waals surface area contributed by atoms with Gasteiger partial charge in [-0.1, -0.05) is 36.4 Å². The van der Waals surface area contributed by atoms with Crippen molar-refractivity contribution in [3.05, 3.63) is 159 Å². The highest BCUT2D eigenvalue weighted by molar-refractivity contribution is 5.73. The lowest BCUT2D eigenvalue weighted by molar-refractivity contribution is 0.221. The van der Waals surface area contributed by atoms with E-state index < -0.39 is 29.8 Å². The van der Waals surface area contributed by atoms with E-state index in [0.29, 0.717) is 33.6 Å². The molecule has 1 heterocycles. The van der Waals surface area contributed by atoms with Crippen molar-refractivity contribution in [2.45, 2.75) is 35.7 Å². The number of rotatable bonds is 4. The maximum absolute atomic E-state index is 12.1. The Bertz CT molecular complexity index is 2330. The zero-order valence-electron chi connectivity index (χ0n) is 26.8. The average molecular weight is 681 g/mol. The molecule has 0 aromatic heterocycles. The fourth-order valence-electron chi connectivity index (χ4n) is 9.08. The van der Waals surface area contributed by atoms with Crippen LogP contribution in [0.2, 0.25) is 0 Å². The molecule has 1 aliphatic heterocycles. The molecule has 9 nitrogen and oxygen atoms in total. The molecule has 0 radical (unpaired) electrons. The summed E-state index contributed by atoms with van der Waals surface area (Å²) in [7, 11) is 0. The molecular formula is C42H32O9. The molecule has 8 N–H and O–H groups in total. The van der Waals surface area contributed by atoms with Gasteiger partial charge in [0, 0.05) is 58.6 Å². The quantitative estimate of drug-likeness (QED) is 0.0927. The average Bonchev–Trinajstić information content (AvgIpc) is 3.60. The summed E-state index contributed by atoms with van der Waals surface area (Å²) in [4.78, 5) is 0. The summed E-state index contributed by atoms with van der Waals surface area (Å²) in [5.74, 6) is -2.56. The van der Waals surface area contributed by atoms with Crippen LogP contribution in [0.15, 0.2) is 109 Å². The van der Waals surface area contributed by atoms with E-state index in [1.165, 1.54) is 12.1 Å². The van der Waals surface area contributed by atoms with Gasteiger partial charge in [0.2, 0.25) is 0 Å². The molecule has 254 valence electrons. The van der Waals surface area contributed by atoms with Crippen LogP contribution < -0.4 is 4.74 Å². The molecule has 0 saturated heterocycles. The van der Waals surface area contributed by atoms with Gasteiger partial charge in [-0.25, -0.2) is 0 Å². The maximum Gasteiger partial charge on any atom is 0.135 e. The lowest BCUT2D eigenvalue weighted by Crippen LogP contribution is -2.26. The van der Waals surface area contributed by atoms with Crippen molar-refractivity contribution in [3.63, 3.8) is 0 Å². The number of fused-ring (bicyclic) bond motifs is 9. The van der Waals surface area contributed by atoms with Crippen LogP contribution in [0.4, 0.5) is 0 Å². The Labute approximate surface area is 291 Å². The first-order chi connectivity index (χ1) is 24.6. The van der Waals surface area contributed by atoms with Crippen molar-refractivity contribution in [3.8, 4) is 51.7 Å². The molecule has 0 saturated carbocycles. The number of hydrogen-bond acceptors (Lipinski definition) is 9.